The third-order valence-corrected chi connectivity index (χ3v) is 5.50. The Balaban J connectivity index is 1.33. The molecule has 3 aliphatic rings. The Bertz CT molecular complexity index is 1110. The second-order valence-electron chi connectivity index (χ2n) is 7.51. The number of aryl methyl sites for hydroxylation is 2. The minimum atomic E-state index is 0.164. The fourth-order valence-corrected chi connectivity index (χ4v) is 4.02. The lowest BCUT2D eigenvalue weighted by atomic mass is 9.91. The molecule has 1 saturated heterocycles. The minimum absolute atomic E-state index is 0.164. The summed E-state index contributed by atoms with van der Waals surface area (Å²) >= 11 is 6.07. The molecule has 0 amide bonds. The molecule has 4 heterocycles. The number of halogens is 1. The van der Waals surface area contributed by atoms with Crippen LogP contribution in [0, 0.1) is 12.8 Å². The maximum absolute atomic E-state index is 6.07. The van der Waals surface area contributed by atoms with E-state index in [-0.39, 0.29) is 6.04 Å². The van der Waals surface area contributed by atoms with Gasteiger partial charge in [0.2, 0.25) is 5.95 Å². The lowest BCUT2D eigenvalue weighted by Crippen LogP contribution is -2.34. The Morgan fingerprint density at radius 1 is 1.27 bits per heavy atom. The van der Waals surface area contributed by atoms with Crippen LogP contribution in [0.15, 0.2) is 48.4 Å². The topological polar surface area (TPSA) is 81.0 Å². The molecule has 2 aliphatic heterocycles. The number of aromatic nitrogens is 5. The minimum Gasteiger partial charge on any atom is -0.424 e. The molecule has 9 heteroatoms. The second kappa shape index (κ2) is 7.60. The van der Waals surface area contributed by atoms with Gasteiger partial charge in [-0.2, -0.15) is 4.98 Å². The monoisotopic (exact) mass is 423 g/mol. The largest absolute Gasteiger partial charge is 0.424 e. The van der Waals surface area contributed by atoms with Gasteiger partial charge in [0.05, 0.1) is 6.04 Å². The zero-order chi connectivity index (χ0) is 20.7. The van der Waals surface area contributed by atoms with Gasteiger partial charge < -0.3 is 15.0 Å². The van der Waals surface area contributed by atoms with Crippen molar-refractivity contribution in [2.45, 2.75) is 32.9 Å². The van der Waals surface area contributed by atoms with Crippen LogP contribution in [0.2, 0.25) is 5.02 Å². The highest BCUT2D eigenvalue weighted by Gasteiger charge is 2.45. The van der Waals surface area contributed by atoms with Crippen LogP contribution >= 0.6 is 11.6 Å². The number of anilines is 2. The van der Waals surface area contributed by atoms with Gasteiger partial charge >= 0.3 is 6.01 Å². The average molecular weight is 424 g/mol. The standard InChI is InChI=1S/C21H22ClN7O/c1-3-7-29-21(30-16-6-4-5-15(22)10-16)26-20(27-29)25-19-14-9-17(19)28(11-14)18-8-13(2)23-12-24-18/h4-6,8-10,12,14,19H,3,7,11H2,1-2H3,(H,25,27). The maximum Gasteiger partial charge on any atom is 0.322 e. The van der Waals surface area contributed by atoms with Crippen molar-refractivity contribution in [3.63, 3.8) is 0 Å². The van der Waals surface area contributed by atoms with E-state index < -0.39 is 0 Å². The summed E-state index contributed by atoms with van der Waals surface area (Å²) in [5.74, 6) is 2.51. The van der Waals surface area contributed by atoms with Crippen LogP contribution < -0.4 is 15.0 Å². The van der Waals surface area contributed by atoms with Gasteiger partial charge in [0.1, 0.15) is 17.9 Å². The molecular weight excluding hydrogens is 402 g/mol. The molecule has 1 N–H and O–H groups in total. The number of nitrogens with zero attached hydrogens (tertiary/aromatic N) is 6. The molecule has 154 valence electrons. The number of hydrogen-bond donors (Lipinski definition) is 1. The molecule has 2 unspecified atom stereocenters. The molecule has 1 aliphatic carbocycles. The van der Waals surface area contributed by atoms with Gasteiger partial charge in [0, 0.05) is 41.5 Å². The van der Waals surface area contributed by atoms with E-state index in [1.165, 1.54) is 5.70 Å². The van der Waals surface area contributed by atoms with Crippen LogP contribution in [0.5, 0.6) is 11.8 Å². The van der Waals surface area contributed by atoms with Crippen molar-refractivity contribution in [2.75, 3.05) is 16.8 Å². The summed E-state index contributed by atoms with van der Waals surface area (Å²) < 4.78 is 7.73. The predicted molar refractivity (Wildman–Crippen MR) is 115 cm³/mol. The van der Waals surface area contributed by atoms with Gasteiger partial charge in [-0.1, -0.05) is 30.7 Å². The molecule has 0 radical (unpaired) electrons. The van der Waals surface area contributed by atoms with Crippen molar-refractivity contribution in [1.29, 1.82) is 0 Å². The van der Waals surface area contributed by atoms with Gasteiger partial charge in [0.25, 0.3) is 0 Å². The summed E-state index contributed by atoms with van der Waals surface area (Å²) in [6, 6.07) is 9.88. The Labute approximate surface area is 179 Å². The zero-order valence-corrected chi connectivity index (χ0v) is 17.5. The number of hydrogen-bond acceptors (Lipinski definition) is 7. The predicted octanol–water partition coefficient (Wildman–Crippen LogP) is 4.05. The number of benzene rings is 1. The van der Waals surface area contributed by atoms with E-state index in [1.54, 1.807) is 17.1 Å². The SMILES string of the molecule is CCCn1nc(NC2C3=CC2CN3c2cc(C)ncn2)nc1Oc1cccc(Cl)c1. The first-order chi connectivity index (χ1) is 14.6. The Morgan fingerprint density at radius 3 is 2.97 bits per heavy atom. The fourth-order valence-electron chi connectivity index (χ4n) is 3.84. The smallest absolute Gasteiger partial charge is 0.322 e. The summed E-state index contributed by atoms with van der Waals surface area (Å²) in [5, 5.41) is 8.70. The van der Waals surface area contributed by atoms with E-state index in [2.05, 4.69) is 43.3 Å². The number of nitrogens with one attached hydrogen (secondary N) is 1. The van der Waals surface area contributed by atoms with Crippen molar-refractivity contribution in [3.8, 4) is 11.8 Å². The first kappa shape index (κ1) is 18.9. The van der Waals surface area contributed by atoms with E-state index in [0.717, 1.165) is 24.5 Å². The molecule has 6 rings (SSSR count). The first-order valence-corrected chi connectivity index (χ1v) is 10.4. The summed E-state index contributed by atoms with van der Waals surface area (Å²) in [6.07, 6.45) is 4.80. The van der Waals surface area contributed by atoms with Crippen molar-refractivity contribution in [3.05, 3.63) is 59.1 Å². The Kier molecular flexibility index (Phi) is 4.78. The highest BCUT2D eigenvalue weighted by molar-refractivity contribution is 6.30. The van der Waals surface area contributed by atoms with Gasteiger partial charge in [-0.15, -0.1) is 5.10 Å². The molecule has 0 saturated carbocycles. The summed E-state index contributed by atoms with van der Waals surface area (Å²) in [4.78, 5) is 15.4. The van der Waals surface area contributed by atoms with Crippen molar-refractivity contribution in [2.24, 2.45) is 5.92 Å². The summed E-state index contributed by atoms with van der Waals surface area (Å²) in [7, 11) is 0. The second-order valence-corrected chi connectivity index (χ2v) is 7.94. The van der Waals surface area contributed by atoms with Crippen molar-refractivity contribution in [1.82, 2.24) is 24.7 Å². The van der Waals surface area contributed by atoms with E-state index in [0.29, 0.717) is 35.2 Å². The zero-order valence-electron chi connectivity index (χ0n) is 16.8. The Hall–Kier alpha value is -3.13. The molecule has 30 heavy (non-hydrogen) atoms. The van der Waals surface area contributed by atoms with E-state index in [4.69, 9.17) is 16.3 Å². The molecular formula is C21H22ClN7O. The van der Waals surface area contributed by atoms with Crippen LogP contribution in [0.1, 0.15) is 19.0 Å². The highest BCUT2D eigenvalue weighted by Crippen LogP contribution is 2.42. The van der Waals surface area contributed by atoms with Crippen LogP contribution in [-0.4, -0.2) is 37.3 Å². The van der Waals surface area contributed by atoms with Crippen LogP contribution in [0.3, 0.4) is 0 Å². The fraction of sp³-hybridized carbons (Fsp3) is 0.333. The van der Waals surface area contributed by atoms with Crippen LogP contribution in [-0.2, 0) is 6.54 Å². The number of rotatable bonds is 7. The lowest BCUT2D eigenvalue weighted by Gasteiger charge is -2.27. The van der Waals surface area contributed by atoms with Crippen molar-refractivity contribution >= 4 is 23.4 Å². The molecule has 2 bridgehead atoms. The third-order valence-electron chi connectivity index (χ3n) is 5.27. The normalized spacial score (nSPS) is 19.4. The first-order valence-electron chi connectivity index (χ1n) is 10.0. The van der Waals surface area contributed by atoms with Gasteiger partial charge in [0.15, 0.2) is 0 Å². The third kappa shape index (κ3) is 3.47. The molecule has 2 atom stereocenters. The van der Waals surface area contributed by atoms with Crippen LogP contribution in [0.25, 0.3) is 0 Å². The summed E-state index contributed by atoms with van der Waals surface area (Å²) in [5.41, 5.74) is 2.15. The number of ether oxygens (including phenoxy) is 1. The number of fused-ring (bicyclic) bond motifs is 1. The Morgan fingerprint density at radius 2 is 2.17 bits per heavy atom. The average Bonchev–Trinajstić information content (AvgIpc) is 3.41. The van der Waals surface area contributed by atoms with E-state index in [1.807, 2.05) is 31.2 Å². The molecule has 3 aromatic rings. The quantitative estimate of drug-likeness (QED) is 0.614. The van der Waals surface area contributed by atoms with E-state index >= 15 is 0 Å². The highest BCUT2D eigenvalue weighted by atomic mass is 35.5. The van der Waals surface area contributed by atoms with Gasteiger partial charge in [-0.3, -0.25) is 0 Å². The molecule has 2 aromatic heterocycles. The molecule has 1 aromatic carbocycles. The molecule has 8 nitrogen and oxygen atoms in total. The maximum atomic E-state index is 6.07. The van der Waals surface area contributed by atoms with E-state index in [9.17, 15) is 0 Å². The molecule has 1 fully saturated rings. The lowest BCUT2D eigenvalue weighted by molar-refractivity contribution is 0.395. The molecule has 0 spiro atoms. The van der Waals surface area contributed by atoms with Crippen molar-refractivity contribution < 1.29 is 4.74 Å². The summed E-state index contributed by atoms with van der Waals surface area (Å²) in [6.45, 7) is 5.68. The van der Waals surface area contributed by atoms with Crippen LogP contribution in [0.4, 0.5) is 11.8 Å². The van der Waals surface area contributed by atoms with Gasteiger partial charge in [-0.05, 0) is 31.5 Å². The van der Waals surface area contributed by atoms with Gasteiger partial charge in [-0.25, -0.2) is 14.6 Å².